The van der Waals surface area contributed by atoms with Crippen molar-refractivity contribution in [3.8, 4) is 0 Å². The van der Waals surface area contributed by atoms with Crippen LogP contribution in [0.1, 0.15) is 33.6 Å². The first kappa shape index (κ1) is 8.96. The molecule has 0 amide bonds. The molecule has 1 atom stereocenters. The van der Waals surface area contributed by atoms with Gasteiger partial charge in [0, 0.05) is 6.04 Å². The average molecular weight is 129 g/mol. The fourth-order valence-electron chi connectivity index (χ4n) is 0.728. The molecule has 9 heavy (non-hydrogen) atoms. The van der Waals surface area contributed by atoms with E-state index in [9.17, 15) is 0 Å². The van der Waals surface area contributed by atoms with E-state index in [1.807, 2.05) is 7.05 Å². The van der Waals surface area contributed by atoms with E-state index in [0.717, 1.165) is 5.92 Å². The molecule has 0 fully saturated rings. The molecule has 0 aromatic heterocycles. The Bertz CT molecular complexity index is 59.6. The van der Waals surface area contributed by atoms with Gasteiger partial charge in [-0.3, -0.25) is 0 Å². The van der Waals surface area contributed by atoms with E-state index in [0.29, 0.717) is 6.04 Å². The Morgan fingerprint density at radius 1 is 1.11 bits per heavy atom. The normalized spacial score (nSPS) is 14.3. The van der Waals surface area contributed by atoms with Crippen molar-refractivity contribution in [3.63, 3.8) is 0 Å². The average Bonchev–Trinajstić information content (AvgIpc) is 1.83. The first-order chi connectivity index (χ1) is 4.16. The fourth-order valence-corrected chi connectivity index (χ4v) is 0.728. The van der Waals surface area contributed by atoms with Crippen LogP contribution < -0.4 is 5.32 Å². The van der Waals surface area contributed by atoms with Gasteiger partial charge in [-0.2, -0.15) is 0 Å². The van der Waals surface area contributed by atoms with Gasteiger partial charge >= 0.3 is 0 Å². The summed E-state index contributed by atoms with van der Waals surface area (Å²) in [6.45, 7) is 6.76. The lowest BCUT2D eigenvalue weighted by Gasteiger charge is -2.10. The number of hydrogen-bond acceptors (Lipinski definition) is 1. The van der Waals surface area contributed by atoms with Gasteiger partial charge < -0.3 is 5.32 Å². The first-order valence-electron chi connectivity index (χ1n) is 3.84. The maximum atomic E-state index is 3.22. The number of rotatable bonds is 4. The molecule has 0 radical (unpaired) electrons. The molecule has 0 saturated heterocycles. The van der Waals surface area contributed by atoms with Crippen molar-refractivity contribution in [2.75, 3.05) is 7.05 Å². The lowest BCUT2D eigenvalue weighted by molar-refractivity contribution is 0.475. The summed E-state index contributed by atoms with van der Waals surface area (Å²) >= 11 is 0. The summed E-state index contributed by atoms with van der Waals surface area (Å²) in [4.78, 5) is 0. The maximum absolute atomic E-state index is 3.22. The quantitative estimate of drug-likeness (QED) is 0.612. The molecular weight excluding hydrogens is 110 g/mol. The van der Waals surface area contributed by atoms with Gasteiger partial charge in [-0.25, -0.2) is 0 Å². The van der Waals surface area contributed by atoms with Crippen molar-refractivity contribution in [3.05, 3.63) is 0 Å². The summed E-state index contributed by atoms with van der Waals surface area (Å²) in [7, 11) is 2.02. The molecule has 0 heterocycles. The first-order valence-corrected chi connectivity index (χ1v) is 3.84. The van der Waals surface area contributed by atoms with Gasteiger partial charge in [0.1, 0.15) is 0 Å². The highest BCUT2D eigenvalue weighted by Gasteiger charge is 1.98. The Hall–Kier alpha value is -0.0400. The fraction of sp³-hybridized carbons (Fsp3) is 1.00. The summed E-state index contributed by atoms with van der Waals surface area (Å²) in [6.07, 6.45) is 2.64. The van der Waals surface area contributed by atoms with Crippen LogP contribution in [0.4, 0.5) is 0 Å². The zero-order valence-electron chi connectivity index (χ0n) is 7.07. The van der Waals surface area contributed by atoms with Crippen LogP contribution >= 0.6 is 0 Å². The minimum absolute atomic E-state index is 0.687. The van der Waals surface area contributed by atoms with Crippen LogP contribution in [0.3, 0.4) is 0 Å². The number of hydrogen-bond donors (Lipinski definition) is 1. The van der Waals surface area contributed by atoms with Crippen LogP contribution in [0, 0.1) is 5.92 Å². The molecule has 0 aromatic carbocycles. The van der Waals surface area contributed by atoms with E-state index in [-0.39, 0.29) is 0 Å². The van der Waals surface area contributed by atoms with Crippen LogP contribution in [0.15, 0.2) is 0 Å². The van der Waals surface area contributed by atoms with E-state index in [1.165, 1.54) is 12.8 Å². The third kappa shape index (κ3) is 5.84. The van der Waals surface area contributed by atoms with Crippen molar-refractivity contribution in [2.45, 2.75) is 39.7 Å². The Balaban J connectivity index is 3.06. The van der Waals surface area contributed by atoms with Crippen LogP contribution in [0.2, 0.25) is 0 Å². The second-order valence-electron chi connectivity index (χ2n) is 3.16. The third-order valence-corrected chi connectivity index (χ3v) is 1.67. The van der Waals surface area contributed by atoms with Crippen molar-refractivity contribution in [2.24, 2.45) is 5.92 Å². The SMILES string of the molecule is CN[C@H](C)CCC(C)C. The summed E-state index contributed by atoms with van der Waals surface area (Å²) in [6, 6.07) is 0.687. The van der Waals surface area contributed by atoms with Gasteiger partial charge in [-0.15, -0.1) is 0 Å². The lowest BCUT2D eigenvalue weighted by atomic mass is 10.0. The molecule has 0 saturated carbocycles. The molecule has 0 unspecified atom stereocenters. The molecular formula is C8H19N. The molecule has 0 spiro atoms. The van der Waals surface area contributed by atoms with Gasteiger partial charge in [0.25, 0.3) is 0 Å². The van der Waals surface area contributed by atoms with Gasteiger partial charge in [-0.05, 0) is 32.7 Å². The predicted molar refractivity (Wildman–Crippen MR) is 42.6 cm³/mol. The smallest absolute Gasteiger partial charge is 0.00358 e. The summed E-state index contributed by atoms with van der Waals surface area (Å²) in [5.41, 5.74) is 0. The van der Waals surface area contributed by atoms with Crippen LogP contribution in [-0.2, 0) is 0 Å². The Morgan fingerprint density at radius 3 is 2.00 bits per heavy atom. The zero-order valence-corrected chi connectivity index (χ0v) is 7.07. The highest BCUT2D eigenvalue weighted by Crippen LogP contribution is 2.05. The Morgan fingerprint density at radius 2 is 1.67 bits per heavy atom. The van der Waals surface area contributed by atoms with E-state index in [1.54, 1.807) is 0 Å². The molecule has 0 aliphatic carbocycles. The topological polar surface area (TPSA) is 12.0 Å². The predicted octanol–water partition coefficient (Wildman–Crippen LogP) is 2.03. The third-order valence-electron chi connectivity index (χ3n) is 1.67. The number of nitrogens with one attached hydrogen (secondary N) is 1. The molecule has 1 N–H and O–H groups in total. The van der Waals surface area contributed by atoms with Crippen LogP contribution in [0.5, 0.6) is 0 Å². The second kappa shape index (κ2) is 4.80. The van der Waals surface area contributed by atoms with Crippen molar-refractivity contribution in [1.29, 1.82) is 0 Å². The van der Waals surface area contributed by atoms with Crippen molar-refractivity contribution >= 4 is 0 Å². The summed E-state index contributed by atoms with van der Waals surface area (Å²) in [5, 5.41) is 3.22. The van der Waals surface area contributed by atoms with Gasteiger partial charge in [-0.1, -0.05) is 13.8 Å². The molecule has 0 aliphatic heterocycles. The largest absolute Gasteiger partial charge is 0.317 e. The minimum atomic E-state index is 0.687. The molecule has 1 heteroatoms. The molecule has 0 rings (SSSR count). The van der Waals surface area contributed by atoms with Gasteiger partial charge in [0.2, 0.25) is 0 Å². The molecule has 1 nitrogen and oxygen atoms in total. The van der Waals surface area contributed by atoms with Crippen molar-refractivity contribution < 1.29 is 0 Å². The van der Waals surface area contributed by atoms with E-state index >= 15 is 0 Å². The van der Waals surface area contributed by atoms with Crippen LogP contribution in [-0.4, -0.2) is 13.1 Å². The Labute approximate surface area is 58.8 Å². The maximum Gasteiger partial charge on any atom is 0.00358 e. The zero-order chi connectivity index (χ0) is 7.28. The van der Waals surface area contributed by atoms with Crippen LogP contribution in [0.25, 0.3) is 0 Å². The Kier molecular flexibility index (Phi) is 4.78. The molecule has 0 bridgehead atoms. The lowest BCUT2D eigenvalue weighted by Crippen LogP contribution is -2.21. The molecule has 0 aromatic rings. The molecule has 0 aliphatic rings. The minimum Gasteiger partial charge on any atom is -0.317 e. The van der Waals surface area contributed by atoms with Gasteiger partial charge in [0.15, 0.2) is 0 Å². The monoisotopic (exact) mass is 129 g/mol. The summed E-state index contributed by atoms with van der Waals surface area (Å²) in [5.74, 6) is 0.848. The van der Waals surface area contributed by atoms with E-state index in [2.05, 4.69) is 26.1 Å². The highest BCUT2D eigenvalue weighted by molar-refractivity contribution is 4.57. The van der Waals surface area contributed by atoms with Gasteiger partial charge in [0.05, 0.1) is 0 Å². The molecule has 56 valence electrons. The highest BCUT2D eigenvalue weighted by atomic mass is 14.8. The van der Waals surface area contributed by atoms with E-state index in [4.69, 9.17) is 0 Å². The standard InChI is InChI=1S/C8H19N/c1-7(2)5-6-8(3)9-4/h7-9H,5-6H2,1-4H3/t8-/m1/s1. The summed E-state index contributed by atoms with van der Waals surface area (Å²) < 4.78 is 0. The second-order valence-corrected chi connectivity index (χ2v) is 3.16. The van der Waals surface area contributed by atoms with E-state index < -0.39 is 0 Å². The van der Waals surface area contributed by atoms with Crippen molar-refractivity contribution in [1.82, 2.24) is 5.32 Å².